The van der Waals surface area contributed by atoms with Gasteiger partial charge in [-0.2, -0.15) is 0 Å². The van der Waals surface area contributed by atoms with Crippen LogP contribution in [0.3, 0.4) is 0 Å². The van der Waals surface area contributed by atoms with Gasteiger partial charge in [0.2, 0.25) is 0 Å². The second-order valence-corrected chi connectivity index (χ2v) is 2.67. The van der Waals surface area contributed by atoms with E-state index in [2.05, 4.69) is 9.47 Å². The Morgan fingerprint density at radius 2 is 1.60 bits per heavy atom. The van der Waals surface area contributed by atoms with Gasteiger partial charge < -0.3 is 9.47 Å². The van der Waals surface area contributed by atoms with Crippen LogP contribution in [0.4, 0.5) is 0 Å². The van der Waals surface area contributed by atoms with Crippen LogP contribution in [-0.2, 0) is 9.47 Å². The van der Waals surface area contributed by atoms with Crippen LogP contribution < -0.4 is 5.73 Å². The van der Waals surface area contributed by atoms with Gasteiger partial charge in [-0.1, -0.05) is 0 Å². The maximum absolute atomic E-state index is 11.2. The molecule has 0 aromatic heterocycles. The summed E-state index contributed by atoms with van der Waals surface area (Å²) in [5.74, 6) is -0.970. The molecule has 0 saturated carbocycles. The van der Waals surface area contributed by atoms with Crippen LogP contribution in [0, 0.1) is 0 Å². The first-order chi connectivity index (χ1) is 7.19. The Bertz CT molecular complexity index is 358. The number of benzene rings is 1. The summed E-state index contributed by atoms with van der Waals surface area (Å²) in [6, 6.07) is 5.92. The average molecular weight is 209 g/mol. The Hall–Kier alpha value is -1.88. The fourth-order valence-electron chi connectivity index (χ4n) is 1.02. The Labute approximate surface area is 86.8 Å². The summed E-state index contributed by atoms with van der Waals surface area (Å²) in [6.45, 7) is -0.169. The van der Waals surface area contributed by atoms with Crippen molar-refractivity contribution in [3.8, 4) is 0 Å². The van der Waals surface area contributed by atoms with E-state index in [0.717, 1.165) is 0 Å². The van der Waals surface area contributed by atoms with Crippen molar-refractivity contribution in [2.45, 2.75) is 0 Å². The minimum absolute atomic E-state index is 0.169. The number of ether oxygens (including phenoxy) is 2. The molecule has 1 rings (SSSR count). The fourth-order valence-corrected chi connectivity index (χ4v) is 1.02. The van der Waals surface area contributed by atoms with Crippen LogP contribution in [0.15, 0.2) is 24.3 Å². The molecular formula is C10H11NO4. The third-order valence-corrected chi connectivity index (χ3v) is 1.76. The molecule has 0 unspecified atom stereocenters. The normalized spacial score (nSPS) is 9.47. The molecule has 0 amide bonds. The quantitative estimate of drug-likeness (QED) is 0.580. The third kappa shape index (κ3) is 2.78. The maximum Gasteiger partial charge on any atom is 0.339 e. The minimum Gasteiger partial charge on any atom is -0.465 e. The van der Waals surface area contributed by atoms with E-state index >= 15 is 0 Å². The molecule has 2 N–H and O–H groups in total. The number of carbonyl (C=O) groups excluding carboxylic acids is 2. The molecule has 5 nitrogen and oxygen atoms in total. The van der Waals surface area contributed by atoms with Crippen molar-refractivity contribution in [3.63, 3.8) is 0 Å². The van der Waals surface area contributed by atoms with Crippen molar-refractivity contribution in [1.82, 2.24) is 0 Å². The molecule has 0 atom stereocenters. The lowest BCUT2D eigenvalue weighted by Gasteiger charge is -2.02. The highest BCUT2D eigenvalue weighted by atomic mass is 16.5. The molecule has 0 aliphatic heterocycles. The molecule has 0 aliphatic carbocycles. The molecule has 0 fully saturated rings. The zero-order valence-electron chi connectivity index (χ0n) is 8.23. The largest absolute Gasteiger partial charge is 0.465 e. The van der Waals surface area contributed by atoms with Gasteiger partial charge in [0.1, 0.15) is 6.73 Å². The van der Waals surface area contributed by atoms with E-state index in [0.29, 0.717) is 11.1 Å². The third-order valence-electron chi connectivity index (χ3n) is 1.76. The van der Waals surface area contributed by atoms with E-state index in [4.69, 9.17) is 5.73 Å². The predicted molar refractivity (Wildman–Crippen MR) is 52.3 cm³/mol. The van der Waals surface area contributed by atoms with Gasteiger partial charge >= 0.3 is 11.9 Å². The minimum atomic E-state index is -0.520. The van der Waals surface area contributed by atoms with E-state index in [1.165, 1.54) is 31.4 Å². The van der Waals surface area contributed by atoms with Crippen molar-refractivity contribution in [2.75, 3.05) is 13.8 Å². The molecule has 0 saturated heterocycles. The molecule has 1 aromatic rings. The van der Waals surface area contributed by atoms with E-state index in [9.17, 15) is 9.59 Å². The van der Waals surface area contributed by atoms with Crippen molar-refractivity contribution in [2.24, 2.45) is 5.73 Å². The molecule has 0 aliphatic rings. The van der Waals surface area contributed by atoms with Gasteiger partial charge in [-0.05, 0) is 24.3 Å². The number of carbonyl (C=O) groups is 2. The summed E-state index contributed by atoms with van der Waals surface area (Å²) in [5.41, 5.74) is 5.77. The van der Waals surface area contributed by atoms with Crippen LogP contribution >= 0.6 is 0 Å². The highest BCUT2D eigenvalue weighted by Crippen LogP contribution is 2.06. The number of hydrogen-bond acceptors (Lipinski definition) is 5. The lowest BCUT2D eigenvalue weighted by molar-refractivity contribution is 0.0513. The average Bonchev–Trinajstić information content (AvgIpc) is 2.28. The van der Waals surface area contributed by atoms with Gasteiger partial charge in [0.05, 0.1) is 18.2 Å². The second kappa shape index (κ2) is 5.11. The maximum atomic E-state index is 11.2. The van der Waals surface area contributed by atoms with E-state index in [-0.39, 0.29) is 6.73 Å². The first-order valence-electron chi connectivity index (χ1n) is 4.24. The topological polar surface area (TPSA) is 78.6 Å². The first kappa shape index (κ1) is 11.2. The van der Waals surface area contributed by atoms with Gasteiger partial charge in [-0.25, -0.2) is 9.59 Å². The number of hydrogen-bond donors (Lipinski definition) is 1. The zero-order valence-corrected chi connectivity index (χ0v) is 8.23. The zero-order chi connectivity index (χ0) is 11.3. The summed E-state index contributed by atoms with van der Waals surface area (Å²) in [6.07, 6.45) is 0. The van der Waals surface area contributed by atoms with Gasteiger partial charge in [-0.15, -0.1) is 0 Å². The molecule has 0 spiro atoms. The summed E-state index contributed by atoms with van der Waals surface area (Å²) in [4.78, 5) is 22.2. The van der Waals surface area contributed by atoms with E-state index < -0.39 is 11.9 Å². The summed E-state index contributed by atoms with van der Waals surface area (Å²) >= 11 is 0. The lowest BCUT2D eigenvalue weighted by atomic mass is 10.1. The molecular weight excluding hydrogens is 198 g/mol. The van der Waals surface area contributed by atoms with E-state index in [1.54, 1.807) is 0 Å². The molecule has 5 heteroatoms. The summed E-state index contributed by atoms with van der Waals surface area (Å²) in [5, 5.41) is 0. The van der Waals surface area contributed by atoms with Crippen LogP contribution in [0.2, 0.25) is 0 Å². The highest BCUT2D eigenvalue weighted by molar-refractivity contribution is 5.93. The Morgan fingerprint density at radius 1 is 1.13 bits per heavy atom. The number of methoxy groups -OCH3 is 1. The van der Waals surface area contributed by atoms with Crippen LogP contribution in [0.1, 0.15) is 20.7 Å². The molecule has 80 valence electrons. The van der Waals surface area contributed by atoms with Crippen LogP contribution in [0.25, 0.3) is 0 Å². The molecule has 0 heterocycles. The monoisotopic (exact) mass is 209 g/mol. The van der Waals surface area contributed by atoms with Crippen LogP contribution in [0.5, 0.6) is 0 Å². The van der Waals surface area contributed by atoms with Crippen molar-refractivity contribution in [1.29, 1.82) is 0 Å². The molecule has 0 bridgehead atoms. The standard InChI is InChI=1S/C10H11NO4/c1-14-9(12)7-2-4-8(5-3-7)10(13)15-6-11/h2-5H,6,11H2,1H3. The van der Waals surface area contributed by atoms with Gasteiger partial charge in [0.15, 0.2) is 0 Å². The number of esters is 2. The van der Waals surface area contributed by atoms with Gasteiger partial charge in [0, 0.05) is 0 Å². The number of rotatable bonds is 3. The summed E-state index contributed by atoms with van der Waals surface area (Å²) in [7, 11) is 1.29. The van der Waals surface area contributed by atoms with Crippen LogP contribution in [-0.4, -0.2) is 25.8 Å². The van der Waals surface area contributed by atoms with Crippen molar-refractivity contribution in [3.05, 3.63) is 35.4 Å². The lowest BCUT2D eigenvalue weighted by Crippen LogP contribution is -2.12. The predicted octanol–water partition coefficient (Wildman–Crippen LogP) is 0.546. The SMILES string of the molecule is COC(=O)c1ccc(C(=O)OCN)cc1. The first-order valence-corrected chi connectivity index (χ1v) is 4.24. The smallest absolute Gasteiger partial charge is 0.339 e. The Kier molecular flexibility index (Phi) is 3.82. The Balaban J connectivity index is 2.80. The second-order valence-electron chi connectivity index (χ2n) is 2.67. The van der Waals surface area contributed by atoms with Crippen molar-refractivity contribution >= 4 is 11.9 Å². The van der Waals surface area contributed by atoms with Crippen molar-refractivity contribution < 1.29 is 19.1 Å². The van der Waals surface area contributed by atoms with Gasteiger partial charge in [-0.3, -0.25) is 5.73 Å². The number of nitrogens with two attached hydrogens (primary N) is 1. The molecule has 15 heavy (non-hydrogen) atoms. The van der Waals surface area contributed by atoms with Gasteiger partial charge in [0.25, 0.3) is 0 Å². The fraction of sp³-hybridized carbons (Fsp3) is 0.200. The van der Waals surface area contributed by atoms with E-state index in [1.807, 2.05) is 0 Å². The molecule has 0 radical (unpaired) electrons. The summed E-state index contributed by atoms with van der Waals surface area (Å²) < 4.78 is 9.09. The molecule has 1 aromatic carbocycles. The Morgan fingerprint density at radius 3 is 2.00 bits per heavy atom. The highest BCUT2D eigenvalue weighted by Gasteiger charge is 2.08.